The SMILES string of the molecule is CCN1CCc2cc(C(C)(C)N=C=O)ccc21. The number of rotatable bonds is 3. The molecule has 0 saturated heterocycles. The standard InChI is InChI=1S/C14H18N2O/c1-4-16-8-7-11-9-12(5-6-13(11)16)14(2,3)15-10-17/h5-6,9H,4,7-8H2,1-3H3. The van der Waals surface area contributed by atoms with Crippen LogP contribution in [0.4, 0.5) is 5.69 Å². The molecule has 1 aliphatic rings. The summed E-state index contributed by atoms with van der Waals surface area (Å²) in [4.78, 5) is 16.7. The molecule has 0 atom stereocenters. The zero-order valence-electron chi connectivity index (χ0n) is 10.7. The molecule has 0 fully saturated rings. The number of nitrogens with zero attached hydrogens (tertiary/aromatic N) is 2. The van der Waals surface area contributed by atoms with Crippen LogP contribution in [0.3, 0.4) is 0 Å². The monoisotopic (exact) mass is 230 g/mol. The fraction of sp³-hybridized carbons (Fsp3) is 0.500. The summed E-state index contributed by atoms with van der Waals surface area (Å²) in [5, 5.41) is 0. The van der Waals surface area contributed by atoms with E-state index in [1.807, 2.05) is 13.8 Å². The zero-order chi connectivity index (χ0) is 12.5. The second kappa shape index (κ2) is 4.34. The lowest BCUT2D eigenvalue weighted by Crippen LogP contribution is -2.19. The van der Waals surface area contributed by atoms with Crippen molar-refractivity contribution in [2.24, 2.45) is 4.99 Å². The number of benzene rings is 1. The molecule has 3 heteroatoms. The highest BCUT2D eigenvalue weighted by atomic mass is 16.1. The van der Waals surface area contributed by atoms with E-state index < -0.39 is 5.54 Å². The molecule has 3 nitrogen and oxygen atoms in total. The maximum absolute atomic E-state index is 10.4. The largest absolute Gasteiger partial charge is 0.371 e. The Kier molecular flexibility index (Phi) is 3.03. The fourth-order valence-corrected chi connectivity index (χ4v) is 2.36. The lowest BCUT2D eigenvalue weighted by Gasteiger charge is -2.21. The molecule has 1 heterocycles. The summed E-state index contributed by atoms with van der Waals surface area (Å²) >= 11 is 0. The van der Waals surface area contributed by atoms with Crippen molar-refractivity contribution in [3.05, 3.63) is 29.3 Å². The van der Waals surface area contributed by atoms with Crippen molar-refractivity contribution >= 4 is 11.8 Å². The Morgan fingerprint density at radius 2 is 2.24 bits per heavy atom. The number of fused-ring (bicyclic) bond motifs is 1. The van der Waals surface area contributed by atoms with Crippen LogP contribution < -0.4 is 4.90 Å². The summed E-state index contributed by atoms with van der Waals surface area (Å²) in [5.41, 5.74) is 3.29. The Morgan fingerprint density at radius 3 is 2.88 bits per heavy atom. The van der Waals surface area contributed by atoms with E-state index >= 15 is 0 Å². The van der Waals surface area contributed by atoms with Crippen LogP contribution in [-0.4, -0.2) is 19.2 Å². The van der Waals surface area contributed by atoms with Crippen LogP contribution in [0.5, 0.6) is 0 Å². The predicted molar refractivity (Wildman–Crippen MR) is 69.2 cm³/mol. The minimum Gasteiger partial charge on any atom is -0.371 e. The summed E-state index contributed by atoms with van der Waals surface area (Å²) in [6.45, 7) is 8.18. The highest BCUT2D eigenvalue weighted by molar-refractivity contribution is 5.59. The van der Waals surface area contributed by atoms with Gasteiger partial charge in [-0.1, -0.05) is 12.1 Å². The highest BCUT2D eigenvalue weighted by Gasteiger charge is 2.23. The van der Waals surface area contributed by atoms with Gasteiger partial charge in [-0.05, 0) is 44.4 Å². The molecule has 0 bridgehead atoms. The molecule has 1 aromatic carbocycles. The third-order valence-corrected chi connectivity index (χ3v) is 3.48. The second-order valence-corrected chi connectivity index (χ2v) is 4.94. The Balaban J connectivity index is 2.39. The third kappa shape index (κ3) is 2.11. The van der Waals surface area contributed by atoms with Crippen molar-refractivity contribution in [1.29, 1.82) is 0 Å². The molecular weight excluding hydrogens is 212 g/mol. The van der Waals surface area contributed by atoms with Crippen LogP contribution >= 0.6 is 0 Å². The second-order valence-electron chi connectivity index (χ2n) is 4.94. The van der Waals surface area contributed by atoms with Gasteiger partial charge in [-0.15, -0.1) is 0 Å². The summed E-state index contributed by atoms with van der Waals surface area (Å²) in [7, 11) is 0. The molecular formula is C14H18N2O. The van der Waals surface area contributed by atoms with Gasteiger partial charge >= 0.3 is 0 Å². The molecule has 1 aliphatic heterocycles. The van der Waals surface area contributed by atoms with Crippen molar-refractivity contribution < 1.29 is 4.79 Å². The van der Waals surface area contributed by atoms with Crippen molar-refractivity contribution in [2.45, 2.75) is 32.7 Å². The maximum Gasteiger partial charge on any atom is 0.235 e. The Labute approximate surface area is 102 Å². The molecule has 0 radical (unpaired) electrons. The number of carbonyl (C=O) groups excluding carboxylic acids is 1. The van der Waals surface area contributed by atoms with Crippen LogP contribution in [0.1, 0.15) is 31.9 Å². The normalized spacial score (nSPS) is 14.4. The first-order valence-corrected chi connectivity index (χ1v) is 6.06. The van der Waals surface area contributed by atoms with E-state index in [9.17, 15) is 4.79 Å². The Bertz CT molecular complexity index is 473. The van der Waals surface area contributed by atoms with Gasteiger partial charge in [0.1, 0.15) is 0 Å². The van der Waals surface area contributed by atoms with E-state index in [1.54, 1.807) is 6.08 Å². The molecule has 2 rings (SSSR count). The molecule has 0 spiro atoms. The predicted octanol–water partition coefficient (Wildman–Crippen LogP) is 2.64. The molecule has 90 valence electrons. The van der Waals surface area contributed by atoms with Gasteiger partial charge < -0.3 is 4.90 Å². The van der Waals surface area contributed by atoms with Crippen molar-refractivity contribution in [2.75, 3.05) is 18.0 Å². The summed E-state index contributed by atoms with van der Waals surface area (Å²) in [5.74, 6) is 0. The van der Waals surface area contributed by atoms with Gasteiger partial charge in [0.05, 0.1) is 5.54 Å². The summed E-state index contributed by atoms with van der Waals surface area (Å²) in [6.07, 6.45) is 2.74. The molecule has 0 unspecified atom stereocenters. The summed E-state index contributed by atoms with van der Waals surface area (Å²) in [6, 6.07) is 6.38. The van der Waals surface area contributed by atoms with Crippen LogP contribution in [0.15, 0.2) is 23.2 Å². The van der Waals surface area contributed by atoms with Gasteiger partial charge in [0, 0.05) is 18.8 Å². The van der Waals surface area contributed by atoms with E-state index in [1.165, 1.54) is 11.3 Å². The van der Waals surface area contributed by atoms with Crippen LogP contribution in [0.2, 0.25) is 0 Å². The van der Waals surface area contributed by atoms with Crippen molar-refractivity contribution in [3.8, 4) is 0 Å². The topological polar surface area (TPSA) is 32.7 Å². The van der Waals surface area contributed by atoms with Gasteiger partial charge in [0.2, 0.25) is 6.08 Å². The van der Waals surface area contributed by atoms with Gasteiger partial charge in [0.25, 0.3) is 0 Å². The molecule has 0 N–H and O–H groups in total. The van der Waals surface area contributed by atoms with Gasteiger partial charge in [-0.2, -0.15) is 4.99 Å². The molecule has 0 aliphatic carbocycles. The van der Waals surface area contributed by atoms with Gasteiger partial charge in [-0.3, -0.25) is 0 Å². The van der Waals surface area contributed by atoms with E-state index in [-0.39, 0.29) is 0 Å². The average Bonchev–Trinajstić information content (AvgIpc) is 2.70. The fourth-order valence-electron chi connectivity index (χ4n) is 2.36. The minimum atomic E-state index is -0.476. The molecule has 0 amide bonds. The van der Waals surface area contributed by atoms with E-state index in [2.05, 4.69) is 35.0 Å². The van der Waals surface area contributed by atoms with Crippen LogP contribution in [0, 0.1) is 0 Å². The Morgan fingerprint density at radius 1 is 1.47 bits per heavy atom. The number of hydrogen-bond acceptors (Lipinski definition) is 3. The van der Waals surface area contributed by atoms with Gasteiger partial charge in [-0.25, -0.2) is 4.79 Å². The van der Waals surface area contributed by atoms with Gasteiger partial charge in [0.15, 0.2) is 0 Å². The first kappa shape index (κ1) is 11.9. The minimum absolute atomic E-state index is 0.476. The molecule has 17 heavy (non-hydrogen) atoms. The van der Waals surface area contributed by atoms with Crippen molar-refractivity contribution in [3.63, 3.8) is 0 Å². The first-order chi connectivity index (χ1) is 8.08. The quantitative estimate of drug-likeness (QED) is 0.590. The number of isocyanates is 1. The number of anilines is 1. The maximum atomic E-state index is 10.4. The highest BCUT2D eigenvalue weighted by Crippen LogP contribution is 2.33. The number of likely N-dealkylation sites (N-methyl/N-ethyl adjacent to an activating group) is 1. The molecule has 1 aromatic rings. The van der Waals surface area contributed by atoms with E-state index in [0.29, 0.717) is 0 Å². The van der Waals surface area contributed by atoms with Crippen LogP contribution in [-0.2, 0) is 16.8 Å². The van der Waals surface area contributed by atoms with Crippen LogP contribution in [0.25, 0.3) is 0 Å². The number of aliphatic imine (C=N–C) groups is 1. The molecule has 0 aromatic heterocycles. The first-order valence-electron chi connectivity index (χ1n) is 6.06. The lowest BCUT2D eigenvalue weighted by atomic mass is 9.93. The third-order valence-electron chi connectivity index (χ3n) is 3.48. The zero-order valence-corrected chi connectivity index (χ0v) is 10.7. The smallest absolute Gasteiger partial charge is 0.235 e. The number of hydrogen-bond donors (Lipinski definition) is 0. The Hall–Kier alpha value is -1.60. The van der Waals surface area contributed by atoms with E-state index in [0.717, 1.165) is 25.1 Å². The summed E-state index contributed by atoms with van der Waals surface area (Å²) < 4.78 is 0. The lowest BCUT2D eigenvalue weighted by molar-refractivity contribution is 0.522. The van der Waals surface area contributed by atoms with E-state index in [4.69, 9.17) is 0 Å². The molecule has 0 saturated carbocycles. The van der Waals surface area contributed by atoms with Crippen molar-refractivity contribution in [1.82, 2.24) is 0 Å². The average molecular weight is 230 g/mol.